The van der Waals surface area contributed by atoms with E-state index in [1.165, 1.54) is 0 Å². The second-order valence-electron chi connectivity index (χ2n) is 6.08. The number of sulfonamides is 1. The lowest BCUT2D eigenvalue weighted by molar-refractivity contribution is -0.124. The van der Waals surface area contributed by atoms with Crippen LogP contribution in [0.15, 0.2) is 52.1 Å². The third-order valence-electron chi connectivity index (χ3n) is 4.19. The average Bonchev–Trinajstić information content (AvgIpc) is 3.03. The van der Waals surface area contributed by atoms with Gasteiger partial charge in [-0.25, -0.2) is 22.2 Å². The Hall–Kier alpha value is -1.91. The summed E-state index contributed by atoms with van der Waals surface area (Å²) in [5, 5.41) is 2.63. The van der Waals surface area contributed by atoms with Crippen LogP contribution in [0.3, 0.4) is 0 Å². The Kier molecular flexibility index (Phi) is 5.87. The highest BCUT2D eigenvalue weighted by atomic mass is 79.9. The van der Waals surface area contributed by atoms with Gasteiger partial charge in [0, 0.05) is 25.7 Å². The summed E-state index contributed by atoms with van der Waals surface area (Å²) in [5.74, 6) is -1.18. The molecule has 2 unspecified atom stereocenters. The highest BCUT2D eigenvalue weighted by Gasteiger charge is 2.44. The van der Waals surface area contributed by atoms with E-state index >= 15 is 0 Å². The third-order valence-corrected chi connectivity index (χ3v) is 6.51. The third kappa shape index (κ3) is 4.50. The smallest absolute Gasteiger partial charge is 0.243 e. The van der Waals surface area contributed by atoms with Crippen molar-refractivity contribution in [2.75, 3.05) is 6.54 Å². The number of aromatic nitrogens is 1. The van der Waals surface area contributed by atoms with Gasteiger partial charge in [-0.15, -0.1) is 0 Å². The van der Waals surface area contributed by atoms with E-state index in [-0.39, 0.29) is 17.9 Å². The minimum Gasteiger partial charge on any atom is -0.351 e. The van der Waals surface area contributed by atoms with E-state index in [1.807, 2.05) is 0 Å². The summed E-state index contributed by atoms with van der Waals surface area (Å²) in [6.45, 7) is -0.267. The number of pyridine rings is 1. The molecule has 0 saturated carbocycles. The number of hydrogen-bond acceptors (Lipinski definition) is 4. The van der Waals surface area contributed by atoms with Gasteiger partial charge in [-0.2, -0.15) is 4.31 Å². The number of halogens is 3. The van der Waals surface area contributed by atoms with Gasteiger partial charge < -0.3 is 5.32 Å². The van der Waals surface area contributed by atoms with E-state index in [0.717, 1.165) is 34.1 Å². The first-order chi connectivity index (χ1) is 12.8. The van der Waals surface area contributed by atoms with Crippen LogP contribution in [-0.2, 0) is 21.4 Å². The van der Waals surface area contributed by atoms with Crippen molar-refractivity contribution >= 4 is 31.9 Å². The molecule has 2 aromatic rings. The van der Waals surface area contributed by atoms with Crippen molar-refractivity contribution in [1.29, 1.82) is 0 Å². The van der Waals surface area contributed by atoms with Crippen molar-refractivity contribution in [2.45, 2.75) is 30.1 Å². The van der Waals surface area contributed by atoms with Gasteiger partial charge in [0.1, 0.15) is 22.6 Å². The van der Waals surface area contributed by atoms with Gasteiger partial charge in [0.05, 0.1) is 4.90 Å². The number of benzene rings is 1. The Morgan fingerprint density at radius 2 is 2.00 bits per heavy atom. The number of carbonyl (C=O) groups excluding carboxylic acids is 1. The fourth-order valence-electron chi connectivity index (χ4n) is 2.86. The zero-order valence-corrected chi connectivity index (χ0v) is 16.4. The maximum absolute atomic E-state index is 13.9. The van der Waals surface area contributed by atoms with Crippen LogP contribution < -0.4 is 5.32 Å². The van der Waals surface area contributed by atoms with Crippen LogP contribution in [0.2, 0.25) is 0 Å². The van der Waals surface area contributed by atoms with Crippen LogP contribution in [-0.4, -0.2) is 42.4 Å². The van der Waals surface area contributed by atoms with Crippen molar-refractivity contribution in [1.82, 2.24) is 14.6 Å². The molecule has 0 aliphatic carbocycles. The number of hydrogen-bond donors (Lipinski definition) is 1. The van der Waals surface area contributed by atoms with Crippen molar-refractivity contribution in [3.05, 3.63) is 58.6 Å². The number of rotatable bonds is 5. The maximum atomic E-state index is 13.9. The van der Waals surface area contributed by atoms with Gasteiger partial charge in [0.25, 0.3) is 0 Å². The number of nitrogens with zero attached hydrogens (tertiary/aromatic N) is 2. The van der Waals surface area contributed by atoms with Gasteiger partial charge in [0.2, 0.25) is 15.9 Å². The molecule has 144 valence electrons. The molecule has 3 rings (SSSR count). The molecule has 27 heavy (non-hydrogen) atoms. The molecule has 2 heterocycles. The number of nitrogens with one attached hydrogen (secondary N) is 1. The summed E-state index contributed by atoms with van der Waals surface area (Å²) in [6, 6.07) is 6.45. The van der Waals surface area contributed by atoms with Crippen molar-refractivity contribution in [3.8, 4) is 0 Å². The molecule has 1 fully saturated rings. The zero-order chi connectivity index (χ0) is 19.6. The van der Waals surface area contributed by atoms with E-state index in [0.29, 0.717) is 4.60 Å². The topological polar surface area (TPSA) is 79.4 Å². The number of amides is 1. The van der Waals surface area contributed by atoms with E-state index < -0.39 is 40.5 Å². The molecule has 1 aliphatic heterocycles. The minimum atomic E-state index is -4.12. The van der Waals surface area contributed by atoms with E-state index in [2.05, 4.69) is 26.2 Å². The summed E-state index contributed by atoms with van der Waals surface area (Å²) in [5.41, 5.74) is 0.757. The molecule has 2 atom stereocenters. The predicted octanol–water partition coefficient (Wildman–Crippen LogP) is 2.40. The Morgan fingerprint density at radius 1 is 1.30 bits per heavy atom. The Labute approximate surface area is 163 Å². The molecule has 1 amide bonds. The Balaban J connectivity index is 1.77. The fourth-order valence-corrected chi connectivity index (χ4v) is 4.90. The SMILES string of the molecule is O=C(NCc1ccnc(Br)c1)C1CC(F)CN1S(=O)(=O)c1ccc(F)cc1. The van der Waals surface area contributed by atoms with Gasteiger partial charge in [-0.3, -0.25) is 4.79 Å². The lowest BCUT2D eigenvalue weighted by Gasteiger charge is -2.23. The van der Waals surface area contributed by atoms with Crippen LogP contribution in [0.5, 0.6) is 0 Å². The first-order valence-electron chi connectivity index (χ1n) is 8.07. The largest absolute Gasteiger partial charge is 0.351 e. The maximum Gasteiger partial charge on any atom is 0.243 e. The van der Waals surface area contributed by atoms with E-state index in [1.54, 1.807) is 18.3 Å². The number of alkyl halides is 1. The monoisotopic (exact) mass is 459 g/mol. The van der Waals surface area contributed by atoms with Crippen molar-refractivity contribution < 1.29 is 22.0 Å². The molecule has 1 N–H and O–H groups in total. The molecule has 0 spiro atoms. The van der Waals surface area contributed by atoms with E-state index in [9.17, 15) is 22.0 Å². The molecule has 6 nitrogen and oxygen atoms in total. The molecule has 1 aliphatic rings. The summed E-state index contributed by atoms with van der Waals surface area (Å²) in [6.07, 6.45) is -0.123. The highest BCUT2D eigenvalue weighted by molar-refractivity contribution is 9.10. The molecule has 1 saturated heterocycles. The summed E-state index contributed by atoms with van der Waals surface area (Å²) in [7, 11) is -4.12. The van der Waals surface area contributed by atoms with Gasteiger partial charge >= 0.3 is 0 Å². The first-order valence-corrected chi connectivity index (χ1v) is 10.3. The van der Waals surface area contributed by atoms with Gasteiger partial charge in [-0.05, 0) is 57.9 Å². The van der Waals surface area contributed by atoms with Crippen LogP contribution in [0.25, 0.3) is 0 Å². The quantitative estimate of drug-likeness (QED) is 0.696. The standard InChI is InChI=1S/C17H16BrF2N3O3S/c18-16-7-11(5-6-21-16)9-22-17(24)15-8-13(20)10-23(15)27(25,26)14-3-1-12(19)2-4-14/h1-7,13,15H,8-10H2,(H,22,24). The summed E-state index contributed by atoms with van der Waals surface area (Å²) < 4.78 is 54.0. The fraction of sp³-hybridized carbons (Fsp3) is 0.294. The van der Waals surface area contributed by atoms with Crippen LogP contribution in [0, 0.1) is 5.82 Å². The van der Waals surface area contributed by atoms with E-state index in [4.69, 9.17) is 0 Å². The van der Waals surface area contributed by atoms with Crippen molar-refractivity contribution in [2.24, 2.45) is 0 Å². The normalized spacial score (nSPS) is 20.6. The summed E-state index contributed by atoms with van der Waals surface area (Å²) in [4.78, 5) is 16.3. The molecule has 1 aromatic heterocycles. The molecule has 0 bridgehead atoms. The Morgan fingerprint density at radius 3 is 2.67 bits per heavy atom. The van der Waals surface area contributed by atoms with Gasteiger partial charge in [-0.1, -0.05) is 0 Å². The highest BCUT2D eigenvalue weighted by Crippen LogP contribution is 2.28. The number of carbonyl (C=O) groups is 1. The molecule has 1 aromatic carbocycles. The molecular weight excluding hydrogens is 444 g/mol. The minimum absolute atomic E-state index is 0.151. The lowest BCUT2D eigenvalue weighted by Crippen LogP contribution is -2.45. The first kappa shape index (κ1) is 19.8. The lowest BCUT2D eigenvalue weighted by atomic mass is 10.2. The van der Waals surface area contributed by atoms with Crippen molar-refractivity contribution in [3.63, 3.8) is 0 Å². The zero-order valence-electron chi connectivity index (χ0n) is 14.0. The Bertz CT molecular complexity index is 941. The van der Waals surface area contributed by atoms with Crippen LogP contribution >= 0.6 is 15.9 Å². The average molecular weight is 460 g/mol. The second kappa shape index (κ2) is 7.99. The molecule has 0 radical (unpaired) electrons. The van der Waals surface area contributed by atoms with Gasteiger partial charge in [0.15, 0.2) is 0 Å². The van der Waals surface area contributed by atoms with Crippen LogP contribution in [0.4, 0.5) is 8.78 Å². The van der Waals surface area contributed by atoms with Crippen LogP contribution in [0.1, 0.15) is 12.0 Å². The molecular formula is C17H16BrF2N3O3S. The molecule has 10 heteroatoms. The summed E-state index contributed by atoms with van der Waals surface area (Å²) >= 11 is 3.22. The predicted molar refractivity (Wildman–Crippen MR) is 97.4 cm³/mol. The second-order valence-corrected chi connectivity index (χ2v) is 8.79.